The first-order valence-electron chi connectivity index (χ1n) is 12.3. The van der Waals surface area contributed by atoms with Gasteiger partial charge in [-0.05, 0) is 41.8 Å². The number of halogens is 2. The minimum absolute atomic E-state index is 0.0937. The number of hydrogen-bond donors (Lipinski definition) is 2. The molecule has 1 fully saturated rings. The van der Waals surface area contributed by atoms with Gasteiger partial charge in [0, 0.05) is 71.7 Å². The van der Waals surface area contributed by atoms with E-state index < -0.39 is 5.92 Å². The molecule has 2 aliphatic rings. The highest BCUT2D eigenvalue weighted by Gasteiger charge is 2.37. The second-order valence-corrected chi connectivity index (χ2v) is 9.69. The molecular formula is C28H23F2N7. The van der Waals surface area contributed by atoms with Gasteiger partial charge >= 0.3 is 0 Å². The lowest BCUT2D eigenvalue weighted by molar-refractivity contribution is 0.0115. The van der Waals surface area contributed by atoms with Crippen molar-refractivity contribution in [2.45, 2.75) is 25.3 Å². The fourth-order valence-corrected chi connectivity index (χ4v) is 5.25. The number of nitrogens with zero attached hydrogens (tertiary/aromatic N) is 5. The quantitative estimate of drug-likeness (QED) is 0.324. The zero-order chi connectivity index (χ0) is 25.0. The van der Waals surface area contributed by atoms with Gasteiger partial charge in [-0.15, -0.1) is 0 Å². The lowest BCUT2D eigenvalue weighted by Gasteiger charge is -2.15. The molecule has 5 aromatic rings. The van der Waals surface area contributed by atoms with Gasteiger partial charge in [-0.1, -0.05) is 18.2 Å². The zero-order valence-electron chi connectivity index (χ0n) is 19.9. The number of aromatic amines is 2. The van der Waals surface area contributed by atoms with Crippen LogP contribution in [-0.4, -0.2) is 54.0 Å². The van der Waals surface area contributed by atoms with E-state index >= 15 is 0 Å². The third-order valence-electron chi connectivity index (χ3n) is 7.05. The Morgan fingerprint density at radius 2 is 1.95 bits per heavy atom. The van der Waals surface area contributed by atoms with Gasteiger partial charge in [0.1, 0.15) is 0 Å². The molecule has 0 atom stereocenters. The monoisotopic (exact) mass is 495 g/mol. The third-order valence-corrected chi connectivity index (χ3v) is 7.05. The van der Waals surface area contributed by atoms with Crippen molar-refractivity contribution in [1.29, 1.82) is 0 Å². The van der Waals surface area contributed by atoms with Gasteiger partial charge in [0.05, 0.1) is 23.6 Å². The average Bonchev–Trinajstić information content (AvgIpc) is 3.69. The van der Waals surface area contributed by atoms with Crippen LogP contribution in [0.4, 0.5) is 8.78 Å². The van der Waals surface area contributed by atoms with E-state index in [2.05, 4.69) is 54.4 Å². The summed E-state index contributed by atoms with van der Waals surface area (Å²) in [6, 6.07) is 8.10. The van der Waals surface area contributed by atoms with Crippen LogP contribution < -0.4 is 0 Å². The van der Waals surface area contributed by atoms with Crippen LogP contribution in [0.5, 0.6) is 0 Å². The molecule has 0 aromatic carbocycles. The molecule has 0 saturated carbocycles. The summed E-state index contributed by atoms with van der Waals surface area (Å²) in [7, 11) is 0. The molecule has 1 saturated heterocycles. The molecule has 1 aliphatic heterocycles. The normalized spacial score (nSPS) is 17.3. The second kappa shape index (κ2) is 8.41. The molecule has 2 N–H and O–H groups in total. The Balaban J connectivity index is 1.24. The van der Waals surface area contributed by atoms with Gasteiger partial charge in [0.15, 0.2) is 5.65 Å². The fourth-order valence-electron chi connectivity index (χ4n) is 5.25. The minimum Gasteiger partial charge on any atom is -0.353 e. The van der Waals surface area contributed by atoms with E-state index in [9.17, 15) is 8.78 Å². The predicted molar refractivity (Wildman–Crippen MR) is 139 cm³/mol. The highest BCUT2D eigenvalue weighted by molar-refractivity contribution is 5.99. The first-order valence-corrected chi connectivity index (χ1v) is 12.3. The molecule has 0 amide bonds. The molecule has 1 aliphatic carbocycles. The summed E-state index contributed by atoms with van der Waals surface area (Å²) < 4.78 is 27.2. The van der Waals surface area contributed by atoms with Gasteiger partial charge in [0.25, 0.3) is 5.92 Å². The Kier molecular flexibility index (Phi) is 5.00. The van der Waals surface area contributed by atoms with Crippen LogP contribution >= 0.6 is 0 Å². The van der Waals surface area contributed by atoms with E-state index in [4.69, 9.17) is 0 Å². The molecule has 6 heterocycles. The number of hydrogen-bond acceptors (Lipinski definition) is 5. The summed E-state index contributed by atoms with van der Waals surface area (Å²) in [5.74, 6) is -2.61. The van der Waals surface area contributed by atoms with Crippen molar-refractivity contribution in [2.75, 3.05) is 13.1 Å². The summed E-state index contributed by atoms with van der Waals surface area (Å²) in [5, 5.41) is 9.48. The van der Waals surface area contributed by atoms with Crippen LogP contribution in [0, 0.1) is 0 Å². The molecule has 37 heavy (non-hydrogen) atoms. The first-order chi connectivity index (χ1) is 18.0. The van der Waals surface area contributed by atoms with Crippen LogP contribution in [0.2, 0.25) is 0 Å². The molecule has 0 unspecified atom stereocenters. The van der Waals surface area contributed by atoms with Gasteiger partial charge in [-0.2, -0.15) is 5.10 Å². The van der Waals surface area contributed by atoms with Crippen molar-refractivity contribution < 1.29 is 8.78 Å². The zero-order valence-corrected chi connectivity index (χ0v) is 19.9. The smallest absolute Gasteiger partial charge is 0.261 e. The van der Waals surface area contributed by atoms with Crippen LogP contribution in [0.3, 0.4) is 0 Å². The SMILES string of the molecule is FC1(F)CCN(Cc2cncc(-c3cnc4n[nH]c(-c5cc6c(C7=CCC=C7)nccc6[nH]5)c4c3)c2)C1. The maximum atomic E-state index is 13.6. The number of likely N-dealkylation sites (tertiary alicyclic amines) is 1. The van der Waals surface area contributed by atoms with Crippen molar-refractivity contribution in [3.8, 4) is 22.5 Å². The molecule has 184 valence electrons. The lowest BCUT2D eigenvalue weighted by atomic mass is 10.1. The first kappa shape index (κ1) is 22.0. The highest BCUT2D eigenvalue weighted by Crippen LogP contribution is 2.34. The molecule has 0 radical (unpaired) electrons. The van der Waals surface area contributed by atoms with E-state index in [-0.39, 0.29) is 13.0 Å². The lowest BCUT2D eigenvalue weighted by Crippen LogP contribution is -2.24. The number of nitrogens with one attached hydrogen (secondary N) is 2. The Bertz CT molecular complexity index is 1710. The van der Waals surface area contributed by atoms with Gasteiger partial charge in [-0.25, -0.2) is 13.8 Å². The summed E-state index contributed by atoms with van der Waals surface area (Å²) in [6.45, 7) is 0.622. The van der Waals surface area contributed by atoms with Crippen molar-refractivity contribution >= 4 is 27.5 Å². The minimum atomic E-state index is -2.61. The Hall–Kier alpha value is -4.24. The van der Waals surface area contributed by atoms with Gasteiger partial charge in [0.2, 0.25) is 0 Å². The van der Waals surface area contributed by atoms with E-state index in [1.807, 2.05) is 24.4 Å². The van der Waals surface area contributed by atoms with E-state index in [0.717, 1.165) is 62.1 Å². The topological polar surface area (TPSA) is 86.4 Å². The van der Waals surface area contributed by atoms with Crippen molar-refractivity contribution in [2.24, 2.45) is 0 Å². The molecule has 5 aromatic heterocycles. The number of H-pyrrole nitrogens is 2. The Morgan fingerprint density at radius 1 is 1.03 bits per heavy atom. The number of aromatic nitrogens is 6. The summed E-state index contributed by atoms with van der Waals surface area (Å²) >= 11 is 0. The largest absolute Gasteiger partial charge is 0.353 e. The number of rotatable bonds is 5. The molecule has 9 heteroatoms. The predicted octanol–water partition coefficient (Wildman–Crippen LogP) is 5.75. The molecule has 7 rings (SSSR count). The molecular weight excluding hydrogens is 472 g/mol. The van der Waals surface area contributed by atoms with Crippen molar-refractivity contribution in [1.82, 2.24) is 35.0 Å². The standard InChI is InChI=1S/C28H23F2N7/c29-28(30)6-8-37(16-28)15-17-9-19(13-31-12-17)20-10-22-26(35-36-27(22)33-14-20)24-11-21-23(34-24)5-7-32-25(21)18-3-1-2-4-18/h1,3-5,7,9-14,34H,2,6,8,15-16H2,(H,33,35,36). The van der Waals surface area contributed by atoms with Crippen molar-refractivity contribution in [3.05, 3.63) is 78.5 Å². The fraction of sp³-hybridized carbons (Fsp3) is 0.214. The van der Waals surface area contributed by atoms with Gasteiger partial charge < -0.3 is 4.98 Å². The summed E-state index contributed by atoms with van der Waals surface area (Å²) in [6.07, 6.45) is 14.3. The Morgan fingerprint density at radius 3 is 2.78 bits per heavy atom. The van der Waals surface area contributed by atoms with Crippen LogP contribution in [0.25, 0.3) is 50.0 Å². The maximum Gasteiger partial charge on any atom is 0.261 e. The van der Waals surface area contributed by atoms with E-state index in [0.29, 0.717) is 18.7 Å². The summed E-state index contributed by atoms with van der Waals surface area (Å²) in [5.41, 5.74) is 8.09. The molecule has 0 bridgehead atoms. The van der Waals surface area contributed by atoms with E-state index in [1.165, 1.54) is 0 Å². The molecule has 7 nitrogen and oxygen atoms in total. The van der Waals surface area contributed by atoms with E-state index in [1.54, 1.807) is 23.5 Å². The second-order valence-electron chi connectivity index (χ2n) is 9.69. The Labute approximate surface area is 211 Å². The number of fused-ring (bicyclic) bond motifs is 2. The maximum absolute atomic E-state index is 13.6. The third kappa shape index (κ3) is 4.01. The average molecular weight is 496 g/mol. The number of allylic oxidation sites excluding steroid dienone is 4. The number of pyridine rings is 3. The number of alkyl halides is 2. The van der Waals surface area contributed by atoms with Crippen molar-refractivity contribution in [3.63, 3.8) is 0 Å². The van der Waals surface area contributed by atoms with Crippen LogP contribution in [0.1, 0.15) is 24.1 Å². The summed E-state index contributed by atoms with van der Waals surface area (Å²) in [4.78, 5) is 18.8. The molecule has 0 spiro atoms. The highest BCUT2D eigenvalue weighted by atomic mass is 19.3. The van der Waals surface area contributed by atoms with Gasteiger partial charge in [-0.3, -0.25) is 20.0 Å². The van der Waals surface area contributed by atoms with Crippen LogP contribution in [0.15, 0.2) is 67.3 Å². The van der Waals surface area contributed by atoms with Crippen LogP contribution in [-0.2, 0) is 6.54 Å².